The molecule has 1 atom stereocenters. The molecule has 0 fully saturated rings. The number of aryl methyl sites for hydroxylation is 1. The number of nitrogens with one attached hydrogen (secondary N) is 1. The lowest BCUT2D eigenvalue weighted by molar-refractivity contribution is 0.174. The second-order valence-electron chi connectivity index (χ2n) is 8.47. The second kappa shape index (κ2) is 9.21. The van der Waals surface area contributed by atoms with Crippen LogP contribution in [0.3, 0.4) is 0 Å². The molecule has 0 aliphatic carbocycles. The van der Waals surface area contributed by atoms with E-state index in [4.69, 9.17) is 19.0 Å². The van der Waals surface area contributed by atoms with Gasteiger partial charge in [0, 0.05) is 17.8 Å². The fraction of sp³-hybridized carbons (Fsp3) is 0.346. The van der Waals surface area contributed by atoms with Gasteiger partial charge in [0.1, 0.15) is 0 Å². The molecule has 8 heteroatoms. The molecular formula is C26H28N4O4. The van der Waals surface area contributed by atoms with Gasteiger partial charge in [0.25, 0.3) is 5.89 Å². The number of allylic oxidation sites excluding steroid dienone is 1. The van der Waals surface area contributed by atoms with Crippen molar-refractivity contribution in [3.63, 3.8) is 0 Å². The van der Waals surface area contributed by atoms with Crippen LogP contribution >= 0.6 is 0 Å². The van der Waals surface area contributed by atoms with E-state index >= 15 is 0 Å². The fourth-order valence-electron chi connectivity index (χ4n) is 4.33. The minimum Gasteiger partial charge on any atom is -0.454 e. The minimum atomic E-state index is -0.388. The predicted molar refractivity (Wildman–Crippen MR) is 127 cm³/mol. The highest BCUT2D eigenvalue weighted by molar-refractivity contribution is 5.86. The number of carbonyl (C=O) groups is 1. The summed E-state index contributed by atoms with van der Waals surface area (Å²) in [6.45, 7) is 7.00. The molecule has 0 saturated carbocycles. The van der Waals surface area contributed by atoms with Gasteiger partial charge in [0.05, 0.1) is 11.6 Å². The van der Waals surface area contributed by atoms with E-state index in [0.29, 0.717) is 29.8 Å². The molecule has 0 radical (unpaired) electrons. The van der Waals surface area contributed by atoms with Crippen molar-refractivity contribution in [1.29, 1.82) is 0 Å². The van der Waals surface area contributed by atoms with Gasteiger partial charge in [-0.2, -0.15) is 4.98 Å². The average molecular weight is 461 g/mol. The van der Waals surface area contributed by atoms with Crippen LogP contribution in [0.15, 0.2) is 52.7 Å². The summed E-state index contributed by atoms with van der Waals surface area (Å²) in [6, 6.07) is 13.3. The summed E-state index contributed by atoms with van der Waals surface area (Å²) in [6.07, 6.45) is 2.84. The summed E-state index contributed by atoms with van der Waals surface area (Å²) in [5.74, 6) is 2.19. The first kappa shape index (κ1) is 22.0. The lowest BCUT2D eigenvalue weighted by atomic mass is 9.93. The summed E-state index contributed by atoms with van der Waals surface area (Å²) in [5, 5.41) is 7.39. The third kappa shape index (κ3) is 4.00. The highest BCUT2D eigenvalue weighted by Crippen LogP contribution is 2.39. The predicted octanol–water partition coefficient (Wildman–Crippen LogP) is 5.33. The van der Waals surface area contributed by atoms with E-state index in [-0.39, 0.29) is 18.9 Å². The maximum atomic E-state index is 13.0. The van der Waals surface area contributed by atoms with E-state index in [2.05, 4.69) is 36.5 Å². The molecular weight excluding hydrogens is 432 g/mol. The number of rotatable bonds is 7. The van der Waals surface area contributed by atoms with Crippen LogP contribution in [-0.2, 0) is 6.42 Å². The molecule has 0 bridgehead atoms. The zero-order valence-corrected chi connectivity index (χ0v) is 19.6. The van der Waals surface area contributed by atoms with Crippen LogP contribution in [0.4, 0.5) is 4.79 Å². The number of hydrogen-bond donors (Lipinski definition) is 1. The van der Waals surface area contributed by atoms with E-state index in [1.165, 1.54) is 5.56 Å². The van der Waals surface area contributed by atoms with Crippen molar-refractivity contribution in [2.24, 2.45) is 0 Å². The number of amides is 2. The summed E-state index contributed by atoms with van der Waals surface area (Å²) in [7, 11) is 0. The van der Waals surface area contributed by atoms with Gasteiger partial charge < -0.3 is 19.3 Å². The van der Waals surface area contributed by atoms with Crippen molar-refractivity contribution in [3.05, 3.63) is 65.2 Å². The van der Waals surface area contributed by atoms with Crippen molar-refractivity contribution in [3.8, 4) is 22.9 Å². The molecule has 176 valence electrons. The SMILES string of the molecule is CCCCN1C(=O)NC(c2ccc(CC)cc2)C(c2nc(-c3ccc4c(c3)OCO4)no2)=C1C. The first-order valence-corrected chi connectivity index (χ1v) is 11.7. The third-order valence-electron chi connectivity index (χ3n) is 6.34. The van der Waals surface area contributed by atoms with Gasteiger partial charge in [-0.15, -0.1) is 0 Å². The Hall–Kier alpha value is -3.81. The van der Waals surface area contributed by atoms with Crippen molar-refractivity contribution in [2.75, 3.05) is 13.3 Å². The van der Waals surface area contributed by atoms with Crippen LogP contribution < -0.4 is 14.8 Å². The van der Waals surface area contributed by atoms with Crippen molar-refractivity contribution in [1.82, 2.24) is 20.4 Å². The van der Waals surface area contributed by atoms with Gasteiger partial charge in [-0.05, 0) is 49.1 Å². The Kier molecular flexibility index (Phi) is 5.96. The summed E-state index contributed by atoms with van der Waals surface area (Å²) in [4.78, 5) is 19.5. The van der Waals surface area contributed by atoms with Gasteiger partial charge in [-0.1, -0.05) is 49.7 Å². The largest absolute Gasteiger partial charge is 0.454 e. The molecule has 8 nitrogen and oxygen atoms in total. The number of unbranched alkanes of at least 4 members (excludes halogenated alkanes) is 1. The number of urea groups is 1. The van der Waals surface area contributed by atoms with Gasteiger partial charge in [-0.25, -0.2) is 4.79 Å². The number of benzene rings is 2. The molecule has 3 aromatic rings. The highest BCUT2D eigenvalue weighted by atomic mass is 16.7. The van der Waals surface area contributed by atoms with Gasteiger partial charge in [0.15, 0.2) is 11.5 Å². The van der Waals surface area contributed by atoms with Crippen molar-refractivity contribution < 1.29 is 18.8 Å². The maximum Gasteiger partial charge on any atom is 0.322 e. The first-order valence-electron chi connectivity index (χ1n) is 11.7. The molecule has 1 N–H and O–H groups in total. The monoisotopic (exact) mass is 460 g/mol. The van der Waals surface area contributed by atoms with E-state index in [1.54, 1.807) is 4.90 Å². The number of ether oxygens (including phenoxy) is 2. The van der Waals surface area contributed by atoms with Crippen LogP contribution in [-0.4, -0.2) is 34.4 Å². The van der Waals surface area contributed by atoms with Gasteiger partial charge >= 0.3 is 6.03 Å². The molecule has 0 saturated heterocycles. The van der Waals surface area contributed by atoms with Crippen LogP contribution in [0.2, 0.25) is 0 Å². The topological polar surface area (TPSA) is 89.7 Å². The summed E-state index contributed by atoms with van der Waals surface area (Å²) >= 11 is 0. The first-order chi connectivity index (χ1) is 16.6. The van der Waals surface area contributed by atoms with E-state index in [1.807, 2.05) is 37.3 Å². The standard InChI is InChI=1S/C26H28N4O4/c1-4-6-13-30-16(3)22(23(27-26(30)31)18-9-7-17(5-2)8-10-18)25-28-24(29-34-25)19-11-12-20-21(14-19)33-15-32-20/h7-12,14,23H,4-6,13,15H2,1-3H3,(H,27,31). The van der Waals surface area contributed by atoms with Gasteiger partial charge in [0.2, 0.25) is 12.6 Å². The highest BCUT2D eigenvalue weighted by Gasteiger charge is 2.35. The van der Waals surface area contributed by atoms with E-state index < -0.39 is 0 Å². The Morgan fingerprint density at radius 3 is 2.65 bits per heavy atom. The Morgan fingerprint density at radius 1 is 1.09 bits per heavy atom. The third-order valence-corrected chi connectivity index (χ3v) is 6.34. The number of aromatic nitrogens is 2. The second-order valence-corrected chi connectivity index (χ2v) is 8.47. The van der Waals surface area contributed by atoms with Crippen LogP contribution in [0, 0.1) is 0 Å². The molecule has 2 aromatic carbocycles. The molecule has 34 heavy (non-hydrogen) atoms. The molecule has 3 heterocycles. The lowest BCUT2D eigenvalue weighted by Gasteiger charge is -2.35. The maximum absolute atomic E-state index is 13.0. The van der Waals surface area contributed by atoms with Crippen molar-refractivity contribution in [2.45, 2.75) is 46.1 Å². The van der Waals surface area contributed by atoms with Crippen LogP contribution in [0.5, 0.6) is 11.5 Å². The number of fused-ring (bicyclic) bond motifs is 1. The van der Waals surface area contributed by atoms with Gasteiger partial charge in [-0.3, -0.25) is 4.90 Å². The Balaban J connectivity index is 1.55. The van der Waals surface area contributed by atoms with Crippen molar-refractivity contribution >= 4 is 11.6 Å². The fourth-order valence-corrected chi connectivity index (χ4v) is 4.33. The minimum absolute atomic E-state index is 0.116. The molecule has 2 aliphatic rings. The molecule has 0 spiro atoms. The van der Waals surface area contributed by atoms with E-state index in [0.717, 1.165) is 41.7 Å². The summed E-state index contributed by atoms with van der Waals surface area (Å²) < 4.78 is 16.6. The number of hydrogen-bond acceptors (Lipinski definition) is 6. The molecule has 2 amide bonds. The van der Waals surface area contributed by atoms with Crippen LogP contribution in [0.1, 0.15) is 56.7 Å². The van der Waals surface area contributed by atoms with Crippen LogP contribution in [0.25, 0.3) is 17.0 Å². The zero-order valence-electron chi connectivity index (χ0n) is 19.6. The van der Waals surface area contributed by atoms with E-state index in [9.17, 15) is 4.79 Å². The normalized spacial score (nSPS) is 17.3. The average Bonchev–Trinajstić information content (AvgIpc) is 3.53. The molecule has 5 rings (SSSR count). The molecule has 1 unspecified atom stereocenters. The lowest BCUT2D eigenvalue weighted by Crippen LogP contribution is -2.46. The summed E-state index contributed by atoms with van der Waals surface area (Å²) in [5.41, 5.74) is 4.60. The number of nitrogens with zero attached hydrogens (tertiary/aromatic N) is 3. The molecule has 1 aromatic heterocycles. The number of carbonyl (C=O) groups excluding carboxylic acids is 1. The Labute approximate surface area is 198 Å². The molecule has 2 aliphatic heterocycles. The zero-order chi connectivity index (χ0) is 23.7. The Bertz CT molecular complexity index is 1230. The smallest absolute Gasteiger partial charge is 0.322 e. The Morgan fingerprint density at radius 2 is 1.88 bits per heavy atom. The quantitative estimate of drug-likeness (QED) is 0.513.